The molecule has 1 atom stereocenters. The molecule has 0 aliphatic rings. The molecule has 0 spiro atoms. The molecular weight excluding hydrogens is 430 g/mol. The summed E-state index contributed by atoms with van der Waals surface area (Å²) < 4.78 is 16.1. The number of hydrogen-bond acceptors (Lipinski definition) is 5. The highest BCUT2D eigenvalue weighted by molar-refractivity contribution is 6.31. The minimum atomic E-state index is -0.956. The summed E-state index contributed by atoms with van der Waals surface area (Å²) in [7, 11) is 3.02. The normalized spacial score (nSPS) is 11.3. The van der Waals surface area contributed by atoms with Crippen LogP contribution in [0.2, 0.25) is 5.02 Å². The van der Waals surface area contributed by atoms with Crippen LogP contribution in [0, 0.1) is 0 Å². The molecule has 1 unspecified atom stereocenters. The molecule has 0 saturated heterocycles. The first kappa shape index (κ1) is 23.2. The van der Waals surface area contributed by atoms with Crippen LogP contribution in [0.3, 0.4) is 0 Å². The molecule has 7 heteroatoms. The molecule has 1 amide bonds. The highest BCUT2D eigenvalue weighted by atomic mass is 35.5. The van der Waals surface area contributed by atoms with Gasteiger partial charge in [0, 0.05) is 23.1 Å². The van der Waals surface area contributed by atoms with Gasteiger partial charge in [0.2, 0.25) is 0 Å². The minimum absolute atomic E-state index is 0.0943. The zero-order chi connectivity index (χ0) is 22.9. The van der Waals surface area contributed by atoms with E-state index >= 15 is 0 Å². The summed E-state index contributed by atoms with van der Waals surface area (Å²) in [5.41, 5.74) is 1.89. The zero-order valence-corrected chi connectivity index (χ0v) is 18.6. The third kappa shape index (κ3) is 6.02. The summed E-state index contributed by atoms with van der Waals surface area (Å²) >= 11 is 6.41. The van der Waals surface area contributed by atoms with Gasteiger partial charge in [0.25, 0.3) is 5.91 Å². The van der Waals surface area contributed by atoms with Gasteiger partial charge in [-0.15, -0.1) is 0 Å². The molecule has 6 nitrogen and oxygen atoms in total. The van der Waals surface area contributed by atoms with E-state index < -0.39 is 12.0 Å². The lowest BCUT2D eigenvalue weighted by Crippen LogP contribution is -2.43. The lowest BCUT2D eigenvalue weighted by Gasteiger charge is -2.19. The first-order valence-electron chi connectivity index (χ1n) is 9.98. The third-order valence-corrected chi connectivity index (χ3v) is 5.18. The summed E-state index contributed by atoms with van der Waals surface area (Å²) in [6, 6.07) is 20.3. The molecule has 0 radical (unpaired) electrons. The Morgan fingerprint density at radius 3 is 2.12 bits per heavy atom. The Morgan fingerprint density at radius 1 is 0.906 bits per heavy atom. The van der Waals surface area contributed by atoms with Gasteiger partial charge in [0.05, 0.1) is 14.2 Å². The van der Waals surface area contributed by atoms with Crippen molar-refractivity contribution in [2.24, 2.45) is 0 Å². The Kier molecular flexibility index (Phi) is 8.11. The molecule has 0 aliphatic carbocycles. The second-order valence-corrected chi connectivity index (χ2v) is 7.40. The topological polar surface area (TPSA) is 73.9 Å². The van der Waals surface area contributed by atoms with Crippen LogP contribution in [0.25, 0.3) is 0 Å². The van der Waals surface area contributed by atoms with Gasteiger partial charge >= 0.3 is 5.97 Å². The summed E-state index contributed by atoms with van der Waals surface area (Å²) in [6.07, 6.45) is 0.116. The van der Waals surface area contributed by atoms with E-state index in [2.05, 4.69) is 5.32 Å². The van der Waals surface area contributed by atoms with Gasteiger partial charge in [-0.05, 0) is 29.3 Å². The number of benzene rings is 3. The maximum atomic E-state index is 12.9. The predicted molar refractivity (Wildman–Crippen MR) is 122 cm³/mol. The number of carbonyl (C=O) groups excluding carboxylic acids is 2. The lowest BCUT2D eigenvalue weighted by atomic mass is 10.0. The molecule has 0 aromatic heterocycles. The summed E-state index contributed by atoms with van der Waals surface area (Å²) in [6.45, 7) is 0.0943. The van der Waals surface area contributed by atoms with Gasteiger partial charge in [-0.1, -0.05) is 60.1 Å². The minimum Gasteiger partial charge on any atom is -0.493 e. The van der Waals surface area contributed by atoms with Gasteiger partial charge in [0.15, 0.2) is 11.5 Å². The average molecular weight is 454 g/mol. The average Bonchev–Trinajstić information content (AvgIpc) is 2.84. The zero-order valence-electron chi connectivity index (χ0n) is 17.8. The van der Waals surface area contributed by atoms with Crippen molar-refractivity contribution in [2.45, 2.75) is 19.1 Å². The molecule has 3 rings (SSSR count). The fourth-order valence-corrected chi connectivity index (χ4v) is 3.36. The smallest absolute Gasteiger partial charge is 0.329 e. The number of ether oxygens (including phenoxy) is 3. The van der Waals surface area contributed by atoms with E-state index in [0.29, 0.717) is 27.6 Å². The highest BCUT2D eigenvalue weighted by Gasteiger charge is 2.25. The number of methoxy groups -OCH3 is 2. The van der Waals surface area contributed by atoms with Crippen LogP contribution in [0.1, 0.15) is 21.5 Å². The fraction of sp³-hybridized carbons (Fsp3) is 0.200. The SMILES string of the molecule is COc1cc(Cl)c(CC(NC(=O)c2ccccc2)C(=O)OCc2ccccc2)cc1OC. The molecular formula is C25H24ClNO5. The molecule has 0 fully saturated rings. The largest absolute Gasteiger partial charge is 0.493 e. The third-order valence-electron chi connectivity index (χ3n) is 4.83. The monoisotopic (exact) mass is 453 g/mol. The second kappa shape index (κ2) is 11.2. The van der Waals surface area contributed by atoms with Crippen LogP contribution in [-0.4, -0.2) is 32.1 Å². The maximum Gasteiger partial charge on any atom is 0.329 e. The molecule has 32 heavy (non-hydrogen) atoms. The molecule has 0 saturated carbocycles. The Labute approximate surface area is 192 Å². The van der Waals surface area contributed by atoms with Crippen molar-refractivity contribution in [1.29, 1.82) is 0 Å². The van der Waals surface area contributed by atoms with E-state index in [1.807, 2.05) is 36.4 Å². The van der Waals surface area contributed by atoms with Crippen LogP contribution >= 0.6 is 11.6 Å². The predicted octanol–water partition coefficient (Wildman–Crippen LogP) is 4.44. The van der Waals surface area contributed by atoms with Crippen molar-refractivity contribution in [1.82, 2.24) is 5.32 Å². The summed E-state index contributed by atoms with van der Waals surface area (Å²) in [4.78, 5) is 25.7. The summed E-state index contributed by atoms with van der Waals surface area (Å²) in [5, 5.41) is 3.15. The van der Waals surface area contributed by atoms with Gasteiger partial charge < -0.3 is 19.5 Å². The Morgan fingerprint density at radius 2 is 1.50 bits per heavy atom. The number of esters is 1. The van der Waals surface area contributed by atoms with Crippen LogP contribution in [0.15, 0.2) is 72.8 Å². The van der Waals surface area contributed by atoms with E-state index in [1.165, 1.54) is 14.2 Å². The fourth-order valence-electron chi connectivity index (χ4n) is 3.13. The van der Waals surface area contributed by atoms with Gasteiger partial charge in [-0.25, -0.2) is 4.79 Å². The van der Waals surface area contributed by atoms with E-state index in [0.717, 1.165) is 5.56 Å². The number of nitrogens with one attached hydrogen (secondary N) is 1. The van der Waals surface area contributed by atoms with Gasteiger partial charge in [-0.2, -0.15) is 0 Å². The molecule has 3 aromatic rings. The quantitative estimate of drug-likeness (QED) is 0.485. The van der Waals surface area contributed by atoms with Gasteiger partial charge in [-0.3, -0.25) is 4.79 Å². The molecule has 166 valence electrons. The Bertz CT molecular complexity index is 1060. The van der Waals surface area contributed by atoms with Crippen molar-refractivity contribution >= 4 is 23.5 Å². The van der Waals surface area contributed by atoms with Crippen LogP contribution in [0.4, 0.5) is 0 Å². The first-order chi connectivity index (χ1) is 15.5. The van der Waals surface area contributed by atoms with E-state index in [1.54, 1.807) is 36.4 Å². The standard InChI is InChI=1S/C25H24ClNO5/c1-30-22-14-19(20(26)15-23(22)31-2)13-21(27-24(28)18-11-7-4-8-12-18)25(29)32-16-17-9-5-3-6-10-17/h3-12,14-15,21H,13,16H2,1-2H3,(H,27,28). The van der Waals surface area contributed by atoms with Gasteiger partial charge in [0.1, 0.15) is 12.6 Å². The molecule has 1 N–H and O–H groups in total. The van der Waals surface area contributed by atoms with E-state index in [4.69, 9.17) is 25.8 Å². The maximum absolute atomic E-state index is 12.9. The van der Waals surface area contributed by atoms with Crippen LogP contribution in [0.5, 0.6) is 11.5 Å². The molecule has 3 aromatic carbocycles. The number of amides is 1. The Balaban J connectivity index is 1.82. The van der Waals surface area contributed by atoms with Crippen LogP contribution < -0.4 is 14.8 Å². The summed E-state index contributed by atoms with van der Waals surface area (Å²) in [5.74, 6) is -0.0108. The van der Waals surface area contributed by atoms with E-state index in [9.17, 15) is 9.59 Å². The van der Waals surface area contributed by atoms with E-state index in [-0.39, 0.29) is 18.9 Å². The van der Waals surface area contributed by atoms with Crippen molar-refractivity contribution in [3.05, 3.63) is 94.5 Å². The van der Waals surface area contributed by atoms with Crippen molar-refractivity contribution < 1.29 is 23.8 Å². The number of hydrogen-bond donors (Lipinski definition) is 1. The number of carbonyl (C=O) groups is 2. The van der Waals surface area contributed by atoms with Crippen molar-refractivity contribution in [3.63, 3.8) is 0 Å². The second-order valence-electron chi connectivity index (χ2n) is 6.99. The first-order valence-corrected chi connectivity index (χ1v) is 10.4. The molecule has 0 bridgehead atoms. The highest BCUT2D eigenvalue weighted by Crippen LogP contribution is 2.33. The molecule has 0 heterocycles. The number of rotatable bonds is 9. The lowest BCUT2D eigenvalue weighted by molar-refractivity contribution is -0.147. The van der Waals surface area contributed by atoms with Crippen molar-refractivity contribution in [3.8, 4) is 11.5 Å². The van der Waals surface area contributed by atoms with Crippen LogP contribution in [-0.2, 0) is 22.6 Å². The number of halogens is 1. The van der Waals surface area contributed by atoms with Crippen molar-refractivity contribution in [2.75, 3.05) is 14.2 Å². The molecule has 0 aliphatic heterocycles. The Hall–Kier alpha value is -3.51.